The molecule has 2 aliphatic rings. The maximum atomic E-state index is 12.0. The standard InChI is InChI=1S/C16H18O2/c1-16(2,3)18-15(17)14-9-5-7-12-6-4-8-13(12)10-11-14/h4-5,7-11H,6H2,1-3H3. The Morgan fingerprint density at radius 2 is 1.94 bits per heavy atom. The summed E-state index contributed by atoms with van der Waals surface area (Å²) in [6.07, 6.45) is 14.7. The highest BCUT2D eigenvalue weighted by Gasteiger charge is 2.18. The molecule has 2 rings (SSSR count). The van der Waals surface area contributed by atoms with Crippen molar-refractivity contribution in [1.82, 2.24) is 0 Å². The average Bonchev–Trinajstić information content (AvgIpc) is 2.62. The van der Waals surface area contributed by atoms with Gasteiger partial charge in [0.1, 0.15) is 5.60 Å². The van der Waals surface area contributed by atoms with E-state index in [0.717, 1.165) is 6.42 Å². The number of esters is 1. The second-order valence-electron chi connectivity index (χ2n) is 5.40. The molecule has 18 heavy (non-hydrogen) atoms. The van der Waals surface area contributed by atoms with Gasteiger partial charge in [-0.2, -0.15) is 0 Å². The van der Waals surface area contributed by atoms with Crippen LogP contribution in [0.15, 0.2) is 59.3 Å². The van der Waals surface area contributed by atoms with Crippen molar-refractivity contribution in [2.24, 2.45) is 0 Å². The van der Waals surface area contributed by atoms with E-state index < -0.39 is 5.60 Å². The first-order chi connectivity index (χ1) is 8.46. The molecule has 0 heterocycles. The molecule has 0 aromatic heterocycles. The number of hydrogen-bond donors (Lipinski definition) is 0. The van der Waals surface area contributed by atoms with Crippen LogP contribution >= 0.6 is 0 Å². The van der Waals surface area contributed by atoms with E-state index in [2.05, 4.69) is 12.2 Å². The summed E-state index contributed by atoms with van der Waals surface area (Å²) < 4.78 is 5.36. The monoisotopic (exact) mass is 242 g/mol. The third-order valence-corrected chi connectivity index (χ3v) is 2.66. The van der Waals surface area contributed by atoms with Crippen molar-refractivity contribution in [1.29, 1.82) is 0 Å². The van der Waals surface area contributed by atoms with Crippen LogP contribution < -0.4 is 0 Å². The van der Waals surface area contributed by atoms with Crippen molar-refractivity contribution < 1.29 is 9.53 Å². The maximum Gasteiger partial charge on any atom is 0.338 e. The van der Waals surface area contributed by atoms with E-state index in [0.29, 0.717) is 5.57 Å². The molecule has 0 N–H and O–H groups in total. The van der Waals surface area contributed by atoms with E-state index in [1.165, 1.54) is 11.1 Å². The van der Waals surface area contributed by atoms with Gasteiger partial charge < -0.3 is 4.74 Å². The molecule has 0 atom stereocenters. The van der Waals surface area contributed by atoms with Crippen LogP contribution in [0, 0.1) is 0 Å². The summed E-state index contributed by atoms with van der Waals surface area (Å²) in [5.41, 5.74) is 2.56. The Balaban J connectivity index is 2.20. The number of hydrogen-bond acceptors (Lipinski definition) is 2. The Hall–Kier alpha value is -1.83. The van der Waals surface area contributed by atoms with Gasteiger partial charge in [-0.15, -0.1) is 0 Å². The molecule has 94 valence electrons. The molecule has 0 amide bonds. The molecule has 0 saturated carbocycles. The van der Waals surface area contributed by atoms with Crippen LogP contribution in [-0.2, 0) is 9.53 Å². The molecular formula is C16H18O2. The van der Waals surface area contributed by atoms with E-state index in [4.69, 9.17) is 4.74 Å². The van der Waals surface area contributed by atoms with Crippen LogP contribution in [0.3, 0.4) is 0 Å². The highest BCUT2D eigenvalue weighted by atomic mass is 16.6. The van der Waals surface area contributed by atoms with Crippen molar-refractivity contribution in [2.75, 3.05) is 0 Å². The fourth-order valence-corrected chi connectivity index (χ4v) is 1.84. The summed E-state index contributed by atoms with van der Waals surface area (Å²) in [5.74, 6) is -0.283. The smallest absolute Gasteiger partial charge is 0.338 e. The lowest BCUT2D eigenvalue weighted by atomic mass is 10.0. The Morgan fingerprint density at radius 1 is 1.17 bits per heavy atom. The van der Waals surface area contributed by atoms with Crippen molar-refractivity contribution in [3.63, 3.8) is 0 Å². The molecule has 0 unspecified atom stereocenters. The Morgan fingerprint density at radius 3 is 2.67 bits per heavy atom. The van der Waals surface area contributed by atoms with Crippen molar-refractivity contribution >= 4 is 5.97 Å². The van der Waals surface area contributed by atoms with Crippen LogP contribution in [0.1, 0.15) is 27.2 Å². The maximum absolute atomic E-state index is 12.0. The van der Waals surface area contributed by atoms with Gasteiger partial charge in [0.2, 0.25) is 0 Å². The Kier molecular flexibility index (Phi) is 3.37. The van der Waals surface area contributed by atoms with Crippen molar-refractivity contribution in [3.05, 3.63) is 59.3 Å². The minimum Gasteiger partial charge on any atom is -0.456 e. The minimum absolute atomic E-state index is 0.283. The average molecular weight is 242 g/mol. The fraction of sp³-hybridized carbons (Fsp3) is 0.312. The van der Waals surface area contributed by atoms with Gasteiger partial charge in [0.05, 0.1) is 5.57 Å². The third-order valence-electron chi connectivity index (χ3n) is 2.66. The zero-order valence-corrected chi connectivity index (χ0v) is 11.1. The van der Waals surface area contributed by atoms with E-state index in [-0.39, 0.29) is 5.97 Å². The normalized spacial score (nSPS) is 18.3. The van der Waals surface area contributed by atoms with Gasteiger partial charge in [-0.25, -0.2) is 4.79 Å². The number of ether oxygens (including phenoxy) is 1. The number of fused-ring (bicyclic) bond motifs is 1. The van der Waals surface area contributed by atoms with Crippen LogP contribution in [0.4, 0.5) is 0 Å². The molecule has 0 radical (unpaired) electrons. The summed E-state index contributed by atoms with van der Waals surface area (Å²) >= 11 is 0. The van der Waals surface area contributed by atoms with Crippen LogP contribution in [0.25, 0.3) is 0 Å². The lowest BCUT2D eigenvalue weighted by Crippen LogP contribution is -2.24. The number of carbonyl (C=O) groups excluding carboxylic acids is 1. The molecule has 2 heteroatoms. The quantitative estimate of drug-likeness (QED) is 0.656. The molecule has 0 saturated heterocycles. The zero-order valence-electron chi connectivity index (χ0n) is 11.1. The number of allylic oxidation sites excluding steroid dienone is 8. The molecule has 2 nitrogen and oxygen atoms in total. The van der Waals surface area contributed by atoms with Gasteiger partial charge in [0.25, 0.3) is 0 Å². The van der Waals surface area contributed by atoms with Crippen molar-refractivity contribution in [2.45, 2.75) is 32.8 Å². The Labute approximate surface area is 108 Å². The molecular weight excluding hydrogens is 224 g/mol. The largest absolute Gasteiger partial charge is 0.456 e. The van der Waals surface area contributed by atoms with Gasteiger partial charge >= 0.3 is 5.97 Å². The SMILES string of the molecule is CC(C)(C)OC(=O)C1=CC=C2C=CCC2=CC=C1. The first-order valence-corrected chi connectivity index (χ1v) is 6.15. The number of rotatable bonds is 1. The summed E-state index contributed by atoms with van der Waals surface area (Å²) in [6.45, 7) is 5.61. The lowest BCUT2D eigenvalue weighted by Gasteiger charge is -2.19. The molecule has 2 aliphatic carbocycles. The van der Waals surface area contributed by atoms with Crippen LogP contribution in [-0.4, -0.2) is 11.6 Å². The van der Waals surface area contributed by atoms with Gasteiger partial charge in [-0.1, -0.05) is 30.4 Å². The van der Waals surface area contributed by atoms with Crippen LogP contribution in [0.5, 0.6) is 0 Å². The third kappa shape index (κ3) is 3.10. The van der Waals surface area contributed by atoms with Gasteiger partial charge in [-0.3, -0.25) is 0 Å². The second-order valence-corrected chi connectivity index (χ2v) is 5.40. The second kappa shape index (κ2) is 4.81. The molecule has 0 bridgehead atoms. The highest BCUT2D eigenvalue weighted by Crippen LogP contribution is 2.25. The fourth-order valence-electron chi connectivity index (χ4n) is 1.84. The van der Waals surface area contributed by atoms with Gasteiger partial charge in [0, 0.05) is 0 Å². The summed E-state index contributed by atoms with van der Waals surface area (Å²) in [4.78, 5) is 12.0. The Bertz CT molecular complexity index is 506. The lowest BCUT2D eigenvalue weighted by molar-refractivity contribution is -0.149. The predicted molar refractivity (Wildman–Crippen MR) is 73.0 cm³/mol. The van der Waals surface area contributed by atoms with Gasteiger partial charge in [0.15, 0.2) is 0 Å². The first-order valence-electron chi connectivity index (χ1n) is 6.15. The van der Waals surface area contributed by atoms with E-state index in [1.807, 2.05) is 45.1 Å². The minimum atomic E-state index is -0.463. The predicted octanol–water partition coefficient (Wildman–Crippen LogP) is 3.64. The summed E-state index contributed by atoms with van der Waals surface area (Å²) in [7, 11) is 0. The van der Waals surface area contributed by atoms with Crippen molar-refractivity contribution in [3.8, 4) is 0 Å². The molecule has 0 aromatic rings. The van der Waals surface area contributed by atoms with Crippen LogP contribution in [0.2, 0.25) is 0 Å². The zero-order chi connectivity index (χ0) is 13.2. The summed E-state index contributed by atoms with van der Waals surface area (Å²) in [5, 5.41) is 0. The summed E-state index contributed by atoms with van der Waals surface area (Å²) in [6, 6.07) is 0. The van der Waals surface area contributed by atoms with E-state index in [9.17, 15) is 4.79 Å². The van der Waals surface area contributed by atoms with Gasteiger partial charge in [-0.05, 0) is 50.5 Å². The highest BCUT2D eigenvalue weighted by molar-refractivity contribution is 5.92. The first kappa shape index (κ1) is 12.6. The van der Waals surface area contributed by atoms with E-state index >= 15 is 0 Å². The number of carbonyl (C=O) groups is 1. The molecule has 0 spiro atoms. The molecule has 0 aliphatic heterocycles. The molecule has 0 aromatic carbocycles. The topological polar surface area (TPSA) is 26.3 Å². The molecule has 0 fully saturated rings. The van der Waals surface area contributed by atoms with E-state index in [1.54, 1.807) is 6.08 Å².